The number of benzene rings is 1. The summed E-state index contributed by atoms with van der Waals surface area (Å²) in [5, 5.41) is 3.48. The maximum Gasteiger partial charge on any atom is 0.148 e. The van der Waals surface area contributed by atoms with Crippen molar-refractivity contribution in [2.45, 2.75) is 52.0 Å². The molecule has 0 aliphatic carbocycles. The molecule has 0 saturated carbocycles. The SMILES string of the molecule is C#CCOc1ccc(CNCCCCCCCC)cc1.Cl. The van der Waals surface area contributed by atoms with Crippen LogP contribution in [0.3, 0.4) is 0 Å². The number of rotatable bonds is 11. The average Bonchev–Trinajstić information content (AvgIpc) is 2.49. The second kappa shape index (κ2) is 13.8. The van der Waals surface area contributed by atoms with Gasteiger partial charge in [0.05, 0.1) is 0 Å². The monoisotopic (exact) mass is 309 g/mol. The van der Waals surface area contributed by atoms with Crippen LogP contribution in [0.2, 0.25) is 0 Å². The second-order valence-electron chi connectivity index (χ2n) is 5.08. The van der Waals surface area contributed by atoms with Crippen LogP contribution in [0.4, 0.5) is 0 Å². The fourth-order valence-corrected chi connectivity index (χ4v) is 2.09. The summed E-state index contributed by atoms with van der Waals surface area (Å²) in [6.45, 7) is 4.60. The van der Waals surface area contributed by atoms with Crippen molar-refractivity contribution in [1.82, 2.24) is 5.32 Å². The molecule has 1 aromatic carbocycles. The van der Waals surface area contributed by atoms with Gasteiger partial charge < -0.3 is 10.1 Å². The predicted molar refractivity (Wildman–Crippen MR) is 93.1 cm³/mol. The summed E-state index contributed by atoms with van der Waals surface area (Å²) in [4.78, 5) is 0. The Labute approximate surface area is 136 Å². The van der Waals surface area contributed by atoms with Crippen LogP contribution >= 0.6 is 12.4 Å². The second-order valence-corrected chi connectivity index (χ2v) is 5.08. The molecule has 0 saturated heterocycles. The van der Waals surface area contributed by atoms with E-state index in [0.29, 0.717) is 6.61 Å². The number of nitrogens with one attached hydrogen (secondary N) is 1. The van der Waals surface area contributed by atoms with Gasteiger partial charge in [0.15, 0.2) is 0 Å². The van der Waals surface area contributed by atoms with Crippen molar-refractivity contribution in [2.24, 2.45) is 0 Å². The van der Waals surface area contributed by atoms with Crippen molar-refractivity contribution in [1.29, 1.82) is 0 Å². The van der Waals surface area contributed by atoms with Crippen LogP contribution in [-0.4, -0.2) is 13.2 Å². The van der Waals surface area contributed by atoms with E-state index in [9.17, 15) is 0 Å². The number of unbranched alkanes of at least 4 members (excludes halogenated alkanes) is 5. The molecule has 1 N–H and O–H groups in total. The summed E-state index contributed by atoms with van der Waals surface area (Å²) in [7, 11) is 0. The van der Waals surface area contributed by atoms with Crippen molar-refractivity contribution < 1.29 is 4.74 Å². The third-order valence-corrected chi connectivity index (χ3v) is 3.28. The molecule has 0 atom stereocenters. The zero-order valence-corrected chi connectivity index (χ0v) is 13.9. The van der Waals surface area contributed by atoms with Gasteiger partial charge in [0, 0.05) is 6.54 Å². The highest BCUT2D eigenvalue weighted by atomic mass is 35.5. The molecule has 0 bridgehead atoms. The highest BCUT2D eigenvalue weighted by Gasteiger charge is 1.95. The lowest BCUT2D eigenvalue weighted by molar-refractivity contribution is 0.370. The normalized spacial score (nSPS) is 9.71. The molecule has 2 nitrogen and oxygen atoms in total. The zero-order chi connectivity index (χ0) is 14.5. The summed E-state index contributed by atoms with van der Waals surface area (Å²) >= 11 is 0. The van der Waals surface area contributed by atoms with Gasteiger partial charge in [0.25, 0.3) is 0 Å². The van der Waals surface area contributed by atoms with Crippen LogP contribution in [-0.2, 0) is 6.54 Å². The van der Waals surface area contributed by atoms with Crippen LogP contribution in [0, 0.1) is 12.3 Å². The first-order chi connectivity index (χ1) is 9.86. The molecule has 0 unspecified atom stereocenters. The molecule has 1 aromatic rings. The van der Waals surface area contributed by atoms with Crippen LogP contribution in [0.1, 0.15) is 51.0 Å². The summed E-state index contributed by atoms with van der Waals surface area (Å²) in [6, 6.07) is 8.11. The first kappa shape index (κ1) is 19.8. The van der Waals surface area contributed by atoms with Gasteiger partial charge in [-0.25, -0.2) is 0 Å². The van der Waals surface area contributed by atoms with E-state index in [1.165, 1.54) is 44.1 Å². The van der Waals surface area contributed by atoms with Gasteiger partial charge in [-0.3, -0.25) is 0 Å². The summed E-state index contributed by atoms with van der Waals surface area (Å²) in [5.74, 6) is 3.30. The number of terminal acetylenes is 1. The highest BCUT2D eigenvalue weighted by Crippen LogP contribution is 2.12. The van der Waals surface area contributed by atoms with E-state index in [-0.39, 0.29) is 12.4 Å². The number of hydrogen-bond acceptors (Lipinski definition) is 2. The van der Waals surface area contributed by atoms with Crippen molar-refractivity contribution in [2.75, 3.05) is 13.2 Å². The first-order valence-corrected chi connectivity index (χ1v) is 7.72. The zero-order valence-electron chi connectivity index (χ0n) is 13.1. The van der Waals surface area contributed by atoms with Gasteiger partial charge in [0.1, 0.15) is 12.4 Å². The quantitative estimate of drug-likeness (QED) is 0.477. The number of hydrogen-bond donors (Lipinski definition) is 1. The van der Waals surface area contributed by atoms with Gasteiger partial charge in [-0.2, -0.15) is 0 Å². The molecule has 3 heteroatoms. The van der Waals surface area contributed by atoms with E-state index in [1.807, 2.05) is 12.1 Å². The third-order valence-electron chi connectivity index (χ3n) is 3.28. The molecule has 0 aliphatic heterocycles. The Morgan fingerprint density at radius 1 is 1.05 bits per heavy atom. The van der Waals surface area contributed by atoms with E-state index in [4.69, 9.17) is 11.2 Å². The molecule has 118 valence electrons. The van der Waals surface area contributed by atoms with Crippen LogP contribution in [0.5, 0.6) is 5.75 Å². The minimum atomic E-state index is 0. The molecule has 0 aliphatic rings. The summed E-state index contributed by atoms with van der Waals surface area (Å²) < 4.78 is 5.34. The molecule has 0 radical (unpaired) electrons. The van der Waals surface area contributed by atoms with Crippen molar-refractivity contribution in [3.8, 4) is 18.1 Å². The van der Waals surface area contributed by atoms with E-state index >= 15 is 0 Å². The Balaban J connectivity index is 0.00000400. The van der Waals surface area contributed by atoms with E-state index in [0.717, 1.165) is 18.8 Å². The maximum atomic E-state index is 5.34. The van der Waals surface area contributed by atoms with Gasteiger partial charge in [-0.05, 0) is 30.7 Å². The molecule has 0 aromatic heterocycles. The molecule has 0 spiro atoms. The fraction of sp³-hybridized carbons (Fsp3) is 0.556. The van der Waals surface area contributed by atoms with Crippen LogP contribution in [0.25, 0.3) is 0 Å². The molecule has 0 amide bonds. The van der Waals surface area contributed by atoms with Gasteiger partial charge in [-0.15, -0.1) is 18.8 Å². The Morgan fingerprint density at radius 2 is 1.71 bits per heavy atom. The van der Waals surface area contributed by atoms with Crippen LogP contribution < -0.4 is 10.1 Å². The Hall–Kier alpha value is -1.17. The van der Waals surface area contributed by atoms with E-state index in [1.54, 1.807) is 0 Å². The molecule has 0 heterocycles. The maximum absolute atomic E-state index is 5.34. The van der Waals surface area contributed by atoms with Gasteiger partial charge in [0.2, 0.25) is 0 Å². The summed E-state index contributed by atoms with van der Waals surface area (Å²) in [6.07, 6.45) is 13.2. The first-order valence-electron chi connectivity index (χ1n) is 7.72. The lowest BCUT2D eigenvalue weighted by atomic mass is 10.1. The predicted octanol–water partition coefficient (Wildman–Crippen LogP) is 4.57. The Morgan fingerprint density at radius 3 is 2.38 bits per heavy atom. The molecular weight excluding hydrogens is 282 g/mol. The van der Waals surface area contributed by atoms with Crippen LogP contribution in [0.15, 0.2) is 24.3 Å². The summed E-state index contributed by atoms with van der Waals surface area (Å²) in [5.41, 5.74) is 1.28. The standard InChI is InChI=1S/C18H27NO.ClH/c1-3-5-6-7-8-9-14-19-16-17-10-12-18(13-11-17)20-15-4-2;/h2,10-13,19H,3,5-9,14-16H2,1H3;1H. The molecule has 1 rings (SSSR count). The molecular formula is C18H28ClNO. The lowest BCUT2D eigenvalue weighted by Gasteiger charge is -2.06. The van der Waals surface area contributed by atoms with E-state index < -0.39 is 0 Å². The van der Waals surface area contributed by atoms with Crippen molar-refractivity contribution >= 4 is 12.4 Å². The lowest BCUT2D eigenvalue weighted by Crippen LogP contribution is -2.14. The van der Waals surface area contributed by atoms with E-state index in [2.05, 4.69) is 30.3 Å². The average molecular weight is 310 g/mol. The van der Waals surface area contributed by atoms with Crippen molar-refractivity contribution in [3.05, 3.63) is 29.8 Å². The number of ether oxygens (including phenoxy) is 1. The minimum absolute atomic E-state index is 0. The van der Waals surface area contributed by atoms with Gasteiger partial charge >= 0.3 is 0 Å². The topological polar surface area (TPSA) is 21.3 Å². The molecule has 21 heavy (non-hydrogen) atoms. The highest BCUT2D eigenvalue weighted by molar-refractivity contribution is 5.85. The Kier molecular flexibility index (Phi) is 13.0. The van der Waals surface area contributed by atoms with Crippen molar-refractivity contribution in [3.63, 3.8) is 0 Å². The van der Waals surface area contributed by atoms with Gasteiger partial charge in [-0.1, -0.05) is 57.1 Å². The smallest absolute Gasteiger partial charge is 0.148 e. The largest absolute Gasteiger partial charge is 0.481 e. The minimum Gasteiger partial charge on any atom is -0.481 e. The third kappa shape index (κ3) is 10.2. The fourth-order valence-electron chi connectivity index (χ4n) is 2.09. The Bertz CT molecular complexity index is 383. The molecule has 0 fully saturated rings. The number of halogens is 1.